The van der Waals surface area contributed by atoms with Crippen LogP contribution in [0.2, 0.25) is 0 Å². The number of nitrogens with one attached hydrogen (secondary N) is 1. The first-order valence-electron chi connectivity index (χ1n) is 8.56. The molecule has 0 saturated heterocycles. The Hall–Kier alpha value is -1.77. The van der Waals surface area contributed by atoms with E-state index in [0.29, 0.717) is 19.1 Å². The molecule has 7 heteroatoms. The van der Waals surface area contributed by atoms with Gasteiger partial charge in [-0.3, -0.25) is 4.99 Å². The smallest absolute Gasteiger partial charge is 0.193 e. The fourth-order valence-electron chi connectivity index (χ4n) is 2.28. The number of guanidine groups is 1. The van der Waals surface area contributed by atoms with Crippen molar-refractivity contribution in [1.82, 2.24) is 15.4 Å². The average Bonchev–Trinajstić information content (AvgIpc) is 3.06. The predicted molar refractivity (Wildman–Crippen MR) is 116 cm³/mol. The molecule has 144 valence electrons. The monoisotopic (exact) mass is 472 g/mol. The molecule has 2 aromatic rings. The van der Waals surface area contributed by atoms with Gasteiger partial charge in [-0.25, -0.2) is 0 Å². The van der Waals surface area contributed by atoms with Gasteiger partial charge in [0.2, 0.25) is 0 Å². The summed E-state index contributed by atoms with van der Waals surface area (Å²) < 4.78 is 11.1. The number of aryl methyl sites for hydroxylation is 1. The lowest BCUT2D eigenvalue weighted by molar-refractivity contribution is 0.280. The number of halogens is 1. The fourth-order valence-corrected chi connectivity index (χ4v) is 2.28. The summed E-state index contributed by atoms with van der Waals surface area (Å²) in [5, 5.41) is 7.35. The fraction of sp³-hybridized carbons (Fsp3) is 0.474. The molecule has 2 rings (SSSR count). The Bertz CT molecular complexity index is 683. The van der Waals surface area contributed by atoms with E-state index in [-0.39, 0.29) is 24.0 Å². The zero-order chi connectivity index (χ0) is 18.2. The van der Waals surface area contributed by atoms with Crippen molar-refractivity contribution >= 4 is 29.9 Å². The number of aromatic nitrogens is 1. The Kier molecular flexibility index (Phi) is 9.47. The summed E-state index contributed by atoms with van der Waals surface area (Å²) >= 11 is 0. The molecule has 1 aromatic carbocycles. The first-order valence-corrected chi connectivity index (χ1v) is 8.56. The van der Waals surface area contributed by atoms with Gasteiger partial charge < -0.3 is 19.5 Å². The molecule has 0 fully saturated rings. The normalized spacial score (nSPS) is 11.2. The van der Waals surface area contributed by atoms with Crippen LogP contribution in [0, 0.1) is 6.92 Å². The van der Waals surface area contributed by atoms with Crippen LogP contribution in [-0.4, -0.2) is 43.3 Å². The number of rotatable bonds is 7. The van der Waals surface area contributed by atoms with Crippen LogP contribution in [0.4, 0.5) is 0 Å². The molecule has 1 aromatic heterocycles. The van der Waals surface area contributed by atoms with Crippen LogP contribution in [-0.2, 0) is 6.54 Å². The summed E-state index contributed by atoms with van der Waals surface area (Å²) in [6, 6.07) is 10.0. The van der Waals surface area contributed by atoms with Crippen LogP contribution in [0.25, 0.3) is 0 Å². The van der Waals surface area contributed by atoms with Gasteiger partial charge in [0.05, 0.1) is 18.8 Å². The molecule has 0 saturated carbocycles. The van der Waals surface area contributed by atoms with Gasteiger partial charge >= 0.3 is 0 Å². The number of benzene rings is 1. The minimum absolute atomic E-state index is 0. The van der Waals surface area contributed by atoms with Crippen LogP contribution in [0.1, 0.15) is 36.8 Å². The van der Waals surface area contributed by atoms with Crippen molar-refractivity contribution in [2.24, 2.45) is 4.99 Å². The standard InChI is InChI=1S/C19H28N4O2.HI/c1-14(2)18-12-17(25-22-18)13-21-19(20-4)23(5)10-11-24-16-8-6-15(3)7-9-16;/h6-9,12,14H,10-11,13H2,1-5H3,(H,20,21);1H. The second kappa shape index (κ2) is 11.1. The van der Waals surface area contributed by atoms with Crippen LogP contribution < -0.4 is 10.1 Å². The van der Waals surface area contributed by atoms with E-state index in [1.54, 1.807) is 7.05 Å². The summed E-state index contributed by atoms with van der Waals surface area (Å²) in [6.07, 6.45) is 0. The molecule has 0 spiro atoms. The number of hydrogen-bond donors (Lipinski definition) is 1. The number of aliphatic imine (C=N–C) groups is 1. The van der Waals surface area contributed by atoms with Gasteiger partial charge in [0.1, 0.15) is 12.4 Å². The van der Waals surface area contributed by atoms with Crippen molar-refractivity contribution in [2.45, 2.75) is 33.2 Å². The number of ether oxygens (including phenoxy) is 1. The van der Waals surface area contributed by atoms with Gasteiger partial charge in [-0.05, 0) is 25.0 Å². The van der Waals surface area contributed by atoms with Gasteiger partial charge in [0.25, 0.3) is 0 Å². The van der Waals surface area contributed by atoms with Crippen molar-refractivity contribution in [3.8, 4) is 5.75 Å². The van der Waals surface area contributed by atoms with E-state index >= 15 is 0 Å². The van der Waals surface area contributed by atoms with Gasteiger partial charge in [-0.15, -0.1) is 24.0 Å². The summed E-state index contributed by atoms with van der Waals surface area (Å²) in [5.41, 5.74) is 2.19. The highest BCUT2D eigenvalue weighted by molar-refractivity contribution is 14.0. The van der Waals surface area contributed by atoms with E-state index in [4.69, 9.17) is 9.26 Å². The Labute approximate surface area is 173 Å². The molecule has 0 bridgehead atoms. The van der Waals surface area contributed by atoms with E-state index in [9.17, 15) is 0 Å². The lowest BCUT2D eigenvalue weighted by atomic mass is 10.1. The highest BCUT2D eigenvalue weighted by atomic mass is 127. The van der Waals surface area contributed by atoms with Crippen LogP contribution in [0.5, 0.6) is 5.75 Å². The molecule has 0 aliphatic carbocycles. The third kappa shape index (κ3) is 6.86. The Morgan fingerprint density at radius 2 is 2.00 bits per heavy atom. The summed E-state index contributed by atoms with van der Waals surface area (Å²) in [5.74, 6) is 2.83. The maximum Gasteiger partial charge on any atom is 0.193 e. The Morgan fingerprint density at radius 1 is 1.31 bits per heavy atom. The quantitative estimate of drug-likeness (QED) is 0.377. The Balaban J connectivity index is 0.00000338. The predicted octanol–water partition coefficient (Wildman–Crippen LogP) is 3.81. The SMILES string of the molecule is CN=C(NCc1cc(C(C)C)no1)N(C)CCOc1ccc(C)cc1.I. The topological polar surface area (TPSA) is 62.9 Å². The molecule has 1 heterocycles. The average molecular weight is 472 g/mol. The van der Waals surface area contributed by atoms with Gasteiger partial charge in [-0.1, -0.05) is 36.7 Å². The maximum atomic E-state index is 5.77. The first-order chi connectivity index (χ1) is 12.0. The minimum atomic E-state index is 0. The van der Waals surface area contributed by atoms with E-state index in [1.807, 2.05) is 42.3 Å². The van der Waals surface area contributed by atoms with Crippen molar-refractivity contribution in [2.75, 3.05) is 27.2 Å². The molecule has 0 atom stereocenters. The van der Waals surface area contributed by atoms with E-state index in [0.717, 1.165) is 29.7 Å². The van der Waals surface area contributed by atoms with Crippen LogP contribution in [0.3, 0.4) is 0 Å². The molecule has 0 radical (unpaired) electrons. The number of nitrogens with zero attached hydrogens (tertiary/aromatic N) is 3. The van der Waals surface area contributed by atoms with Gasteiger partial charge in [-0.2, -0.15) is 0 Å². The third-order valence-electron chi connectivity index (χ3n) is 3.88. The van der Waals surface area contributed by atoms with Crippen LogP contribution >= 0.6 is 24.0 Å². The highest BCUT2D eigenvalue weighted by Crippen LogP contribution is 2.14. The van der Waals surface area contributed by atoms with Crippen molar-refractivity contribution in [3.63, 3.8) is 0 Å². The Morgan fingerprint density at radius 3 is 2.58 bits per heavy atom. The molecule has 0 unspecified atom stereocenters. The van der Waals surface area contributed by atoms with E-state index in [1.165, 1.54) is 5.56 Å². The minimum Gasteiger partial charge on any atom is -0.492 e. The van der Waals surface area contributed by atoms with Crippen molar-refractivity contribution in [3.05, 3.63) is 47.3 Å². The lowest BCUT2D eigenvalue weighted by Crippen LogP contribution is -2.40. The molecule has 0 aliphatic rings. The number of likely N-dealkylation sites (N-methyl/N-ethyl adjacent to an activating group) is 1. The van der Waals surface area contributed by atoms with Crippen LogP contribution in [0.15, 0.2) is 39.8 Å². The third-order valence-corrected chi connectivity index (χ3v) is 3.88. The highest BCUT2D eigenvalue weighted by Gasteiger charge is 2.10. The van der Waals surface area contributed by atoms with E-state index < -0.39 is 0 Å². The van der Waals surface area contributed by atoms with Crippen molar-refractivity contribution < 1.29 is 9.26 Å². The largest absolute Gasteiger partial charge is 0.492 e. The molecule has 0 amide bonds. The summed E-state index contributed by atoms with van der Waals surface area (Å²) in [4.78, 5) is 6.32. The molecule has 26 heavy (non-hydrogen) atoms. The second-order valence-electron chi connectivity index (χ2n) is 6.36. The second-order valence-corrected chi connectivity index (χ2v) is 6.36. The zero-order valence-corrected chi connectivity index (χ0v) is 18.5. The van der Waals surface area contributed by atoms with Gasteiger partial charge in [0, 0.05) is 20.2 Å². The summed E-state index contributed by atoms with van der Waals surface area (Å²) in [6.45, 7) is 8.11. The molecule has 0 aliphatic heterocycles. The number of hydrogen-bond acceptors (Lipinski definition) is 4. The zero-order valence-electron chi connectivity index (χ0n) is 16.2. The molecular formula is C19H29IN4O2. The summed E-state index contributed by atoms with van der Waals surface area (Å²) in [7, 11) is 3.74. The molecule has 6 nitrogen and oxygen atoms in total. The van der Waals surface area contributed by atoms with E-state index in [2.05, 4.69) is 36.2 Å². The lowest BCUT2D eigenvalue weighted by Gasteiger charge is -2.21. The first kappa shape index (κ1) is 22.3. The van der Waals surface area contributed by atoms with Gasteiger partial charge in [0.15, 0.2) is 11.7 Å². The van der Waals surface area contributed by atoms with Crippen molar-refractivity contribution in [1.29, 1.82) is 0 Å². The molecular weight excluding hydrogens is 443 g/mol. The molecule has 1 N–H and O–H groups in total. The maximum absolute atomic E-state index is 5.77.